The van der Waals surface area contributed by atoms with Crippen molar-refractivity contribution in [1.82, 2.24) is 5.32 Å². The van der Waals surface area contributed by atoms with Gasteiger partial charge in [-0.15, -0.1) is 12.4 Å². The van der Waals surface area contributed by atoms with Crippen molar-refractivity contribution >= 4 is 34.8 Å². The number of benzene rings is 2. The van der Waals surface area contributed by atoms with Crippen molar-refractivity contribution in [3.05, 3.63) is 42.5 Å². The summed E-state index contributed by atoms with van der Waals surface area (Å²) < 4.78 is 0. The molecule has 0 bridgehead atoms. The highest BCUT2D eigenvalue weighted by Crippen LogP contribution is 2.24. The largest absolute Gasteiger partial charge is 0.325 e. The molecule has 1 saturated heterocycles. The van der Waals surface area contributed by atoms with Crippen LogP contribution in [0.4, 0.5) is 5.69 Å². The Morgan fingerprint density at radius 1 is 1.15 bits per heavy atom. The van der Waals surface area contributed by atoms with Gasteiger partial charge in [-0.1, -0.05) is 36.4 Å². The minimum absolute atomic E-state index is 0. The second-order valence-electron chi connectivity index (χ2n) is 5.06. The third-order valence-corrected chi connectivity index (χ3v) is 3.72. The Kier molecular flexibility index (Phi) is 4.99. The number of amides is 1. The molecule has 2 aromatic rings. The smallest absolute Gasteiger partial charge is 0.228 e. The maximum absolute atomic E-state index is 12.3. The highest BCUT2D eigenvalue weighted by atomic mass is 35.5. The average molecular weight is 291 g/mol. The Labute approximate surface area is 125 Å². The first-order valence-corrected chi connectivity index (χ1v) is 6.84. The van der Waals surface area contributed by atoms with E-state index in [-0.39, 0.29) is 24.2 Å². The van der Waals surface area contributed by atoms with Gasteiger partial charge in [0.25, 0.3) is 0 Å². The lowest BCUT2D eigenvalue weighted by atomic mass is 9.98. The number of hydrogen-bond acceptors (Lipinski definition) is 2. The molecule has 4 heteroatoms. The zero-order valence-corrected chi connectivity index (χ0v) is 12.1. The molecule has 0 saturated carbocycles. The van der Waals surface area contributed by atoms with Crippen molar-refractivity contribution in [1.29, 1.82) is 0 Å². The molecule has 0 aliphatic carbocycles. The SMILES string of the molecule is Cl.O=C(Nc1cccc2ccccc12)C1CCCNC1. The fourth-order valence-electron chi connectivity index (χ4n) is 2.64. The van der Waals surface area contributed by atoms with Crippen LogP contribution in [0.25, 0.3) is 10.8 Å². The maximum Gasteiger partial charge on any atom is 0.228 e. The molecule has 0 aromatic heterocycles. The number of hydrogen-bond donors (Lipinski definition) is 2. The van der Waals surface area contributed by atoms with Crippen LogP contribution in [0.5, 0.6) is 0 Å². The van der Waals surface area contributed by atoms with Crippen LogP contribution >= 0.6 is 12.4 Å². The van der Waals surface area contributed by atoms with Crippen molar-refractivity contribution in [3.8, 4) is 0 Å². The number of carbonyl (C=O) groups is 1. The summed E-state index contributed by atoms with van der Waals surface area (Å²) >= 11 is 0. The summed E-state index contributed by atoms with van der Waals surface area (Å²) in [5, 5.41) is 8.61. The minimum atomic E-state index is 0. The Morgan fingerprint density at radius 2 is 1.95 bits per heavy atom. The Bertz CT molecular complexity index is 589. The van der Waals surface area contributed by atoms with Crippen molar-refractivity contribution in [2.75, 3.05) is 18.4 Å². The van der Waals surface area contributed by atoms with Gasteiger partial charge in [0.05, 0.1) is 5.92 Å². The van der Waals surface area contributed by atoms with Crippen LogP contribution in [0.15, 0.2) is 42.5 Å². The minimum Gasteiger partial charge on any atom is -0.325 e. The first-order chi connectivity index (χ1) is 9.34. The zero-order chi connectivity index (χ0) is 13.1. The van der Waals surface area contributed by atoms with Crippen LogP contribution in [0.3, 0.4) is 0 Å². The molecule has 2 aromatic carbocycles. The molecular weight excluding hydrogens is 272 g/mol. The van der Waals surface area contributed by atoms with E-state index < -0.39 is 0 Å². The van der Waals surface area contributed by atoms with Gasteiger partial charge in [-0.05, 0) is 30.8 Å². The van der Waals surface area contributed by atoms with Gasteiger partial charge in [0.2, 0.25) is 5.91 Å². The highest BCUT2D eigenvalue weighted by Gasteiger charge is 2.21. The summed E-state index contributed by atoms with van der Waals surface area (Å²) in [6.45, 7) is 1.81. The molecule has 2 N–H and O–H groups in total. The fourth-order valence-corrected chi connectivity index (χ4v) is 2.64. The predicted octanol–water partition coefficient (Wildman–Crippen LogP) is 3.20. The van der Waals surface area contributed by atoms with Gasteiger partial charge in [-0.3, -0.25) is 4.79 Å². The quantitative estimate of drug-likeness (QED) is 0.892. The maximum atomic E-state index is 12.3. The monoisotopic (exact) mass is 290 g/mol. The molecule has 1 aliphatic rings. The first kappa shape index (κ1) is 14.8. The Hall–Kier alpha value is -1.58. The summed E-state index contributed by atoms with van der Waals surface area (Å²) in [5.41, 5.74) is 0.911. The molecule has 0 radical (unpaired) electrons. The molecule has 0 spiro atoms. The molecule has 20 heavy (non-hydrogen) atoms. The first-order valence-electron chi connectivity index (χ1n) is 6.84. The molecule has 3 nitrogen and oxygen atoms in total. The lowest BCUT2D eigenvalue weighted by Crippen LogP contribution is -2.37. The normalized spacial score (nSPS) is 18.3. The van der Waals surface area contributed by atoms with E-state index in [2.05, 4.69) is 22.8 Å². The van der Waals surface area contributed by atoms with Crippen LogP contribution in [0.2, 0.25) is 0 Å². The van der Waals surface area contributed by atoms with Crippen LogP contribution < -0.4 is 10.6 Å². The van der Waals surface area contributed by atoms with Crippen molar-refractivity contribution in [2.24, 2.45) is 5.92 Å². The molecule has 1 atom stereocenters. The van der Waals surface area contributed by atoms with Gasteiger partial charge in [0.1, 0.15) is 0 Å². The van der Waals surface area contributed by atoms with Gasteiger partial charge in [0, 0.05) is 17.6 Å². The van der Waals surface area contributed by atoms with E-state index in [9.17, 15) is 4.79 Å². The topological polar surface area (TPSA) is 41.1 Å². The summed E-state index contributed by atoms with van der Waals surface area (Å²) in [6, 6.07) is 14.1. The zero-order valence-electron chi connectivity index (χ0n) is 11.3. The van der Waals surface area contributed by atoms with E-state index >= 15 is 0 Å². The molecule has 1 aliphatic heterocycles. The number of halogens is 1. The second kappa shape index (κ2) is 6.73. The lowest BCUT2D eigenvalue weighted by Gasteiger charge is -2.22. The van der Waals surface area contributed by atoms with E-state index in [0.29, 0.717) is 0 Å². The molecule has 1 amide bonds. The predicted molar refractivity (Wildman–Crippen MR) is 85.4 cm³/mol. The summed E-state index contributed by atoms with van der Waals surface area (Å²) in [5.74, 6) is 0.219. The third kappa shape index (κ3) is 3.11. The lowest BCUT2D eigenvalue weighted by molar-refractivity contribution is -0.120. The van der Waals surface area contributed by atoms with Gasteiger partial charge in [-0.25, -0.2) is 0 Å². The number of piperidine rings is 1. The molecular formula is C16H19ClN2O. The van der Waals surface area contributed by atoms with Gasteiger partial charge < -0.3 is 10.6 Å². The molecule has 1 unspecified atom stereocenters. The van der Waals surface area contributed by atoms with Gasteiger partial charge in [0.15, 0.2) is 0 Å². The fraction of sp³-hybridized carbons (Fsp3) is 0.312. The Balaban J connectivity index is 0.00000147. The van der Waals surface area contributed by atoms with Gasteiger partial charge in [-0.2, -0.15) is 0 Å². The van der Waals surface area contributed by atoms with Crippen LogP contribution in [-0.2, 0) is 4.79 Å². The van der Waals surface area contributed by atoms with Crippen molar-refractivity contribution in [2.45, 2.75) is 12.8 Å². The Morgan fingerprint density at radius 3 is 2.75 bits per heavy atom. The number of nitrogens with one attached hydrogen (secondary N) is 2. The van der Waals surface area contributed by atoms with Crippen LogP contribution in [0.1, 0.15) is 12.8 Å². The number of anilines is 1. The van der Waals surface area contributed by atoms with E-state index in [1.165, 1.54) is 0 Å². The van der Waals surface area contributed by atoms with E-state index in [1.54, 1.807) is 0 Å². The van der Waals surface area contributed by atoms with E-state index in [1.807, 2.05) is 30.3 Å². The van der Waals surface area contributed by atoms with E-state index in [0.717, 1.165) is 42.4 Å². The van der Waals surface area contributed by atoms with Crippen molar-refractivity contribution < 1.29 is 4.79 Å². The van der Waals surface area contributed by atoms with Crippen LogP contribution in [-0.4, -0.2) is 19.0 Å². The number of carbonyl (C=O) groups excluding carboxylic acids is 1. The highest BCUT2D eigenvalue weighted by molar-refractivity contribution is 6.02. The molecule has 1 heterocycles. The summed E-state index contributed by atoms with van der Waals surface area (Å²) in [6.07, 6.45) is 2.05. The summed E-state index contributed by atoms with van der Waals surface area (Å²) in [4.78, 5) is 12.3. The number of rotatable bonds is 2. The van der Waals surface area contributed by atoms with E-state index in [4.69, 9.17) is 0 Å². The van der Waals surface area contributed by atoms with Gasteiger partial charge >= 0.3 is 0 Å². The molecule has 106 valence electrons. The average Bonchev–Trinajstić information content (AvgIpc) is 2.48. The number of fused-ring (bicyclic) bond motifs is 1. The third-order valence-electron chi connectivity index (χ3n) is 3.72. The molecule has 3 rings (SSSR count). The van der Waals surface area contributed by atoms with Crippen LogP contribution in [0, 0.1) is 5.92 Å². The second-order valence-corrected chi connectivity index (χ2v) is 5.06. The standard InChI is InChI=1S/C16H18N2O.ClH/c19-16(13-7-4-10-17-11-13)18-15-9-3-6-12-5-1-2-8-14(12)15;/h1-3,5-6,8-9,13,17H,4,7,10-11H2,(H,18,19);1H. The summed E-state index contributed by atoms with van der Waals surface area (Å²) in [7, 11) is 0. The molecule has 1 fully saturated rings. The van der Waals surface area contributed by atoms with Crippen molar-refractivity contribution in [3.63, 3.8) is 0 Å².